The fourth-order valence-corrected chi connectivity index (χ4v) is 1.24. The van der Waals surface area contributed by atoms with E-state index in [0.29, 0.717) is 6.42 Å². The van der Waals surface area contributed by atoms with Crippen LogP contribution in [0.15, 0.2) is 12.7 Å². The average Bonchev–Trinajstić information content (AvgIpc) is 2.10. The standard InChI is InChI=1S/C11H21NO2.ClH/c1-3-4-5-6-7-8-9-11(2,12)10(13)14;/h3H,1,4-9,12H2,2H3,(H,13,14);1H. The monoisotopic (exact) mass is 235 g/mol. The summed E-state index contributed by atoms with van der Waals surface area (Å²) in [6.07, 6.45) is 7.70. The van der Waals surface area contributed by atoms with Crippen molar-refractivity contribution in [2.24, 2.45) is 5.73 Å². The Morgan fingerprint density at radius 3 is 2.40 bits per heavy atom. The van der Waals surface area contributed by atoms with E-state index in [0.717, 1.165) is 32.1 Å². The van der Waals surface area contributed by atoms with E-state index in [1.807, 2.05) is 6.08 Å². The summed E-state index contributed by atoms with van der Waals surface area (Å²) in [4.78, 5) is 10.6. The molecule has 0 saturated heterocycles. The number of aliphatic carboxylic acids is 1. The number of carbonyl (C=O) groups is 1. The number of nitrogens with two attached hydrogens (primary N) is 1. The predicted molar refractivity (Wildman–Crippen MR) is 65.4 cm³/mol. The van der Waals surface area contributed by atoms with Gasteiger partial charge >= 0.3 is 5.97 Å². The van der Waals surface area contributed by atoms with E-state index in [1.165, 1.54) is 0 Å². The van der Waals surface area contributed by atoms with Crippen LogP contribution in [0.1, 0.15) is 45.4 Å². The van der Waals surface area contributed by atoms with Crippen molar-refractivity contribution in [1.82, 2.24) is 0 Å². The van der Waals surface area contributed by atoms with Crippen LogP contribution in [0.5, 0.6) is 0 Å². The topological polar surface area (TPSA) is 63.3 Å². The molecule has 0 heterocycles. The van der Waals surface area contributed by atoms with Crippen molar-refractivity contribution < 1.29 is 9.90 Å². The van der Waals surface area contributed by atoms with Crippen LogP contribution in [0.2, 0.25) is 0 Å². The van der Waals surface area contributed by atoms with Gasteiger partial charge in [0.25, 0.3) is 0 Å². The third-order valence-electron chi connectivity index (χ3n) is 2.34. The Balaban J connectivity index is 0. The van der Waals surface area contributed by atoms with Crippen molar-refractivity contribution in [3.63, 3.8) is 0 Å². The molecular formula is C11H22ClNO2. The summed E-state index contributed by atoms with van der Waals surface area (Å²) < 4.78 is 0. The van der Waals surface area contributed by atoms with Crippen LogP contribution in [0.3, 0.4) is 0 Å². The molecular weight excluding hydrogens is 214 g/mol. The Labute approximate surface area is 98.1 Å². The van der Waals surface area contributed by atoms with Gasteiger partial charge in [0, 0.05) is 0 Å². The zero-order chi connectivity index (χ0) is 11.0. The summed E-state index contributed by atoms with van der Waals surface area (Å²) in [5, 5.41) is 8.74. The molecule has 0 fully saturated rings. The molecule has 0 rings (SSSR count). The molecule has 0 aromatic carbocycles. The van der Waals surface area contributed by atoms with Crippen LogP contribution in [-0.4, -0.2) is 16.6 Å². The number of hydrogen-bond acceptors (Lipinski definition) is 2. The SMILES string of the molecule is C=CCCCCCCC(C)(N)C(=O)O.Cl. The van der Waals surface area contributed by atoms with Crippen molar-refractivity contribution in [1.29, 1.82) is 0 Å². The van der Waals surface area contributed by atoms with Gasteiger partial charge in [-0.2, -0.15) is 0 Å². The Bertz CT molecular complexity index is 193. The van der Waals surface area contributed by atoms with Crippen LogP contribution in [0, 0.1) is 0 Å². The predicted octanol–water partition coefficient (Wildman–Crippen LogP) is 2.74. The maximum absolute atomic E-state index is 10.6. The summed E-state index contributed by atoms with van der Waals surface area (Å²) in [5.41, 5.74) is 4.53. The minimum absolute atomic E-state index is 0. The van der Waals surface area contributed by atoms with E-state index in [2.05, 4.69) is 6.58 Å². The van der Waals surface area contributed by atoms with Gasteiger partial charge in [0.2, 0.25) is 0 Å². The molecule has 1 unspecified atom stereocenters. The molecule has 0 aliphatic rings. The van der Waals surface area contributed by atoms with Gasteiger partial charge in [-0.1, -0.05) is 25.3 Å². The molecule has 0 bridgehead atoms. The lowest BCUT2D eigenvalue weighted by molar-refractivity contribution is -0.142. The molecule has 0 aliphatic carbocycles. The molecule has 1 atom stereocenters. The van der Waals surface area contributed by atoms with Crippen LogP contribution in [0.25, 0.3) is 0 Å². The highest BCUT2D eigenvalue weighted by molar-refractivity contribution is 5.85. The molecule has 15 heavy (non-hydrogen) atoms. The highest BCUT2D eigenvalue weighted by Gasteiger charge is 2.26. The van der Waals surface area contributed by atoms with Crippen molar-refractivity contribution >= 4 is 18.4 Å². The van der Waals surface area contributed by atoms with Gasteiger partial charge in [0.1, 0.15) is 5.54 Å². The number of unbranched alkanes of at least 4 members (excludes halogenated alkanes) is 4. The third kappa shape index (κ3) is 8.45. The van der Waals surface area contributed by atoms with Crippen LogP contribution < -0.4 is 5.73 Å². The largest absolute Gasteiger partial charge is 0.480 e. The van der Waals surface area contributed by atoms with E-state index in [9.17, 15) is 4.79 Å². The number of allylic oxidation sites excluding steroid dienone is 1. The van der Waals surface area contributed by atoms with Crippen molar-refractivity contribution in [2.45, 2.75) is 51.0 Å². The number of hydrogen-bond donors (Lipinski definition) is 2. The highest BCUT2D eigenvalue weighted by atomic mass is 35.5. The summed E-state index contributed by atoms with van der Waals surface area (Å²) in [6.45, 7) is 5.21. The lowest BCUT2D eigenvalue weighted by Gasteiger charge is -2.18. The van der Waals surface area contributed by atoms with Gasteiger partial charge in [0.05, 0.1) is 0 Å². The van der Waals surface area contributed by atoms with Crippen LogP contribution in [0.4, 0.5) is 0 Å². The zero-order valence-corrected chi connectivity index (χ0v) is 10.2. The normalized spacial score (nSPS) is 13.7. The molecule has 0 amide bonds. The van der Waals surface area contributed by atoms with Crippen LogP contribution >= 0.6 is 12.4 Å². The number of rotatable bonds is 8. The van der Waals surface area contributed by atoms with Gasteiger partial charge < -0.3 is 10.8 Å². The van der Waals surface area contributed by atoms with Gasteiger partial charge in [-0.25, -0.2) is 0 Å². The minimum atomic E-state index is -1.06. The molecule has 0 radical (unpaired) electrons. The van der Waals surface area contributed by atoms with E-state index in [1.54, 1.807) is 6.92 Å². The second kappa shape index (κ2) is 8.74. The summed E-state index contributed by atoms with van der Waals surface area (Å²) in [6, 6.07) is 0. The Morgan fingerprint density at radius 2 is 1.93 bits per heavy atom. The first-order valence-electron chi connectivity index (χ1n) is 5.14. The van der Waals surface area contributed by atoms with Gasteiger partial charge in [-0.15, -0.1) is 19.0 Å². The summed E-state index contributed by atoms with van der Waals surface area (Å²) in [5.74, 6) is -0.913. The Morgan fingerprint density at radius 1 is 1.40 bits per heavy atom. The van der Waals surface area contributed by atoms with E-state index >= 15 is 0 Å². The molecule has 0 aromatic rings. The number of carboxylic acids is 1. The number of halogens is 1. The Kier molecular flexibility index (Phi) is 9.84. The smallest absolute Gasteiger partial charge is 0.323 e. The van der Waals surface area contributed by atoms with E-state index in [-0.39, 0.29) is 12.4 Å². The lowest BCUT2D eigenvalue weighted by Crippen LogP contribution is -2.44. The van der Waals surface area contributed by atoms with Crippen molar-refractivity contribution in [2.75, 3.05) is 0 Å². The maximum atomic E-state index is 10.6. The molecule has 3 N–H and O–H groups in total. The van der Waals surface area contributed by atoms with Crippen molar-refractivity contribution in [3.05, 3.63) is 12.7 Å². The van der Waals surface area contributed by atoms with Gasteiger partial charge in [-0.05, 0) is 26.2 Å². The molecule has 3 nitrogen and oxygen atoms in total. The van der Waals surface area contributed by atoms with Crippen LogP contribution in [-0.2, 0) is 4.79 Å². The first-order chi connectivity index (χ1) is 6.50. The molecule has 90 valence electrons. The zero-order valence-electron chi connectivity index (χ0n) is 9.37. The molecule has 0 spiro atoms. The fraction of sp³-hybridized carbons (Fsp3) is 0.727. The highest BCUT2D eigenvalue weighted by Crippen LogP contribution is 2.13. The third-order valence-corrected chi connectivity index (χ3v) is 2.34. The second-order valence-corrected chi connectivity index (χ2v) is 3.96. The Hall–Kier alpha value is -0.540. The minimum Gasteiger partial charge on any atom is -0.480 e. The second-order valence-electron chi connectivity index (χ2n) is 3.96. The van der Waals surface area contributed by atoms with E-state index < -0.39 is 11.5 Å². The number of carboxylic acid groups (broad SMARTS) is 1. The van der Waals surface area contributed by atoms with Crippen molar-refractivity contribution in [3.8, 4) is 0 Å². The first-order valence-corrected chi connectivity index (χ1v) is 5.14. The lowest BCUT2D eigenvalue weighted by atomic mass is 9.95. The summed E-state index contributed by atoms with van der Waals surface area (Å²) in [7, 11) is 0. The quantitative estimate of drug-likeness (QED) is 0.502. The average molecular weight is 236 g/mol. The molecule has 0 saturated carbocycles. The fourth-order valence-electron chi connectivity index (χ4n) is 1.24. The van der Waals surface area contributed by atoms with E-state index in [4.69, 9.17) is 10.8 Å². The summed E-state index contributed by atoms with van der Waals surface area (Å²) >= 11 is 0. The molecule has 0 aliphatic heterocycles. The van der Waals surface area contributed by atoms with Gasteiger partial charge in [0.15, 0.2) is 0 Å². The molecule has 4 heteroatoms. The molecule has 0 aromatic heterocycles. The first kappa shape index (κ1) is 16.9. The van der Waals surface area contributed by atoms with Gasteiger partial charge in [-0.3, -0.25) is 4.79 Å². The maximum Gasteiger partial charge on any atom is 0.323 e.